The number of nitrogens with two attached hydrogens (primary N) is 1. The number of carboxylic acids is 1. The monoisotopic (exact) mass is 287 g/mol. The summed E-state index contributed by atoms with van der Waals surface area (Å²) in [6.45, 7) is 0. The van der Waals surface area contributed by atoms with Crippen molar-refractivity contribution < 1.29 is 24.2 Å². The van der Waals surface area contributed by atoms with Gasteiger partial charge in [0.05, 0.1) is 25.6 Å². The van der Waals surface area contributed by atoms with Gasteiger partial charge in [-0.2, -0.15) is 0 Å². The molecule has 0 aliphatic heterocycles. The van der Waals surface area contributed by atoms with Crippen LogP contribution in [0.2, 0.25) is 0 Å². The highest BCUT2D eigenvalue weighted by atomic mass is 32.1. The van der Waals surface area contributed by atoms with Gasteiger partial charge in [0.1, 0.15) is 6.04 Å². The van der Waals surface area contributed by atoms with Crippen LogP contribution in [0.4, 0.5) is 5.13 Å². The second-order valence-electron chi connectivity index (χ2n) is 3.59. The highest BCUT2D eigenvalue weighted by Gasteiger charge is 2.23. The second-order valence-corrected chi connectivity index (χ2v) is 4.48. The topological polar surface area (TPSA) is 132 Å². The maximum absolute atomic E-state index is 11.6. The summed E-state index contributed by atoms with van der Waals surface area (Å²) in [6.07, 6.45) is -0.532. The van der Waals surface area contributed by atoms with Crippen LogP contribution in [0.3, 0.4) is 0 Å². The van der Waals surface area contributed by atoms with Crippen LogP contribution in [-0.4, -0.2) is 41.1 Å². The third-order valence-corrected chi connectivity index (χ3v) is 2.87. The van der Waals surface area contributed by atoms with Crippen molar-refractivity contribution in [3.63, 3.8) is 0 Å². The van der Waals surface area contributed by atoms with Gasteiger partial charge in [-0.05, 0) is 0 Å². The molecule has 0 radical (unpaired) electrons. The van der Waals surface area contributed by atoms with Crippen LogP contribution in [-0.2, 0) is 25.5 Å². The first-order valence-corrected chi connectivity index (χ1v) is 6.09. The Morgan fingerprint density at radius 2 is 2.26 bits per heavy atom. The second kappa shape index (κ2) is 6.69. The minimum Gasteiger partial charge on any atom is -0.480 e. The highest BCUT2D eigenvalue weighted by Crippen LogP contribution is 2.11. The number of nitrogen functional groups attached to an aromatic ring is 1. The van der Waals surface area contributed by atoms with Gasteiger partial charge in [-0.1, -0.05) is 0 Å². The van der Waals surface area contributed by atoms with Crippen molar-refractivity contribution in [3.8, 4) is 0 Å². The Morgan fingerprint density at radius 3 is 2.74 bits per heavy atom. The van der Waals surface area contributed by atoms with Gasteiger partial charge in [-0.25, -0.2) is 9.78 Å². The van der Waals surface area contributed by atoms with E-state index in [2.05, 4.69) is 15.0 Å². The number of hydrogen-bond acceptors (Lipinski definition) is 7. The minimum absolute atomic E-state index is 0.0986. The SMILES string of the molecule is COC(=O)C[C@H](NC(=O)Cc1csc(N)n1)C(=O)O. The summed E-state index contributed by atoms with van der Waals surface area (Å²) in [5.74, 6) is -2.58. The Morgan fingerprint density at radius 1 is 1.58 bits per heavy atom. The third kappa shape index (κ3) is 4.92. The van der Waals surface area contributed by atoms with Crippen LogP contribution in [0.1, 0.15) is 12.1 Å². The molecule has 1 atom stereocenters. The van der Waals surface area contributed by atoms with Crippen LogP contribution >= 0.6 is 11.3 Å². The van der Waals surface area contributed by atoms with Crippen molar-refractivity contribution in [2.45, 2.75) is 18.9 Å². The number of carbonyl (C=O) groups is 3. The van der Waals surface area contributed by atoms with Crippen LogP contribution < -0.4 is 11.1 Å². The number of hydrogen-bond donors (Lipinski definition) is 3. The Balaban J connectivity index is 2.56. The number of aromatic nitrogens is 1. The maximum Gasteiger partial charge on any atom is 0.326 e. The number of nitrogens with one attached hydrogen (secondary N) is 1. The van der Waals surface area contributed by atoms with Crippen molar-refractivity contribution in [2.75, 3.05) is 12.8 Å². The average Bonchev–Trinajstić information content (AvgIpc) is 2.73. The summed E-state index contributed by atoms with van der Waals surface area (Å²) in [5, 5.41) is 13.0. The maximum atomic E-state index is 11.6. The minimum atomic E-state index is -1.32. The summed E-state index contributed by atoms with van der Waals surface area (Å²) < 4.78 is 4.35. The number of nitrogens with zero attached hydrogens (tertiary/aromatic N) is 1. The molecule has 1 amide bonds. The molecule has 4 N–H and O–H groups in total. The molecule has 0 fully saturated rings. The number of ether oxygens (including phenoxy) is 1. The van der Waals surface area contributed by atoms with E-state index in [4.69, 9.17) is 10.8 Å². The molecular weight excluding hydrogens is 274 g/mol. The molecule has 0 bridgehead atoms. The molecule has 104 valence electrons. The molecule has 19 heavy (non-hydrogen) atoms. The fourth-order valence-corrected chi connectivity index (χ4v) is 1.83. The zero-order valence-corrected chi connectivity index (χ0v) is 10.9. The number of anilines is 1. The molecule has 0 aliphatic carbocycles. The van der Waals surface area contributed by atoms with Crippen LogP contribution in [0.5, 0.6) is 0 Å². The summed E-state index contributed by atoms with van der Waals surface area (Å²) in [6, 6.07) is -1.32. The van der Waals surface area contributed by atoms with E-state index in [1.807, 2.05) is 0 Å². The first-order valence-electron chi connectivity index (χ1n) is 5.21. The number of carboxylic acid groups (broad SMARTS) is 1. The number of aliphatic carboxylic acids is 1. The van der Waals surface area contributed by atoms with Gasteiger partial charge in [0.2, 0.25) is 5.91 Å². The Bertz CT molecular complexity index is 487. The molecule has 1 rings (SSSR count). The fraction of sp³-hybridized carbons (Fsp3) is 0.400. The largest absolute Gasteiger partial charge is 0.480 e. The smallest absolute Gasteiger partial charge is 0.326 e. The molecule has 1 heterocycles. The number of methoxy groups -OCH3 is 1. The number of thiazole rings is 1. The van der Waals surface area contributed by atoms with E-state index < -0.39 is 30.3 Å². The summed E-state index contributed by atoms with van der Waals surface area (Å²) >= 11 is 1.18. The lowest BCUT2D eigenvalue weighted by molar-refractivity contribution is -0.148. The van der Waals surface area contributed by atoms with Crippen molar-refractivity contribution >= 4 is 34.3 Å². The van der Waals surface area contributed by atoms with E-state index in [0.29, 0.717) is 10.8 Å². The molecule has 1 aromatic heterocycles. The van der Waals surface area contributed by atoms with Gasteiger partial charge in [-0.3, -0.25) is 9.59 Å². The Kier molecular flexibility index (Phi) is 5.24. The number of carbonyl (C=O) groups excluding carboxylic acids is 2. The quantitative estimate of drug-likeness (QED) is 0.595. The van der Waals surface area contributed by atoms with E-state index >= 15 is 0 Å². The van der Waals surface area contributed by atoms with Gasteiger partial charge in [0.25, 0.3) is 0 Å². The van der Waals surface area contributed by atoms with Gasteiger partial charge in [-0.15, -0.1) is 11.3 Å². The van der Waals surface area contributed by atoms with E-state index in [9.17, 15) is 14.4 Å². The average molecular weight is 287 g/mol. The van der Waals surface area contributed by atoms with E-state index in [1.54, 1.807) is 5.38 Å². The van der Waals surface area contributed by atoms with E-state index in [0.717, 1.165) is 7.11 Å². The first kappa shape index (κ1) is 14.9. The lowest BCUT2D eigenvalue weighted by Gasteiger charge is -2.12. The fourth-order valence-electron chi connectivity index (χ4n) is 1.26. The molecule has 8 nitrogen and oxygen atoms in total. The molecule has 0 aromatic carbocycles. The molecule has 9 heteroatoms. The standard InChI is InChI=1S/C10H13N3O5S/c1-18-8(15)3-6(9(16)17)13-7(14)2-5-4-19-10(11)12-5/h4,6H,2-3H2,1H3,(H2,11,12)(H,13,14)(H,16,17)/t6-/m0/s1. The lowest BCUT2D eigenvalue weighted by Crippen LogP contribution is -2.43. The molecule has 0 saturated carbocycles. The zero-order chi connectivity index (χ0) is 14.4. The number of rotatable bonds is 6. The Hall–Kier alpha value is -2.16. The van der Waals surface area contributed by atoms with Gasteiger partial charge in [0, 0.05) is 5.38 Å². The normalized spacial score (nSPS) is 11.6. The van der Waals surface area contributed by atoms with Crippen molar-refractivity contribution in [1.82, 2.24) is 10.3 Å². The van der Waals surface area contributed by atoms with Crippen LogP contribution in [0, 0.1) is 0 Å². The molecular formula is C10H13N3O5S. The number of amides is 1. The number of esters is 1. The predicted molar refractivity (Wildman–Crippen MR) is 66.4 cm³/mol. The van der Waals surface area contributed by atoms with Gasteiger partial charge in [0.15, 0.2) is 5.13 Å². The zero-order valence-electron chi connectivity index (χ0n) is 10.1. The summed E-state index contributed by atoms with van der Waals surface area (Å²) in [5.41, 5.74) is 5.85. The molecule has 1 aromatic rings. The first-order chi connectivity index (χ1) is 8.92. The molecule has 0 spiro atoms. The highest BCUT2D eigenvalue weighted by molar-refractivity contribution is 7.13. The molecule has 0 unspecified atom stereocenters. The lowest BCUT2D eigenvalue weighted by atomic mass is 10.2. The summed E-state index contributed by atoms with van der Waals surface area (Å²) in [4.78, 5) is 37.4. The molecule has 0 saturated heterocycles. The van der Waals surface area contributed by atoms with Crippen molar-refractivity contribution in [3.05, 3.63) is 11.1 Å². The molecule has 0 aliphatic rings. The van der Waals surface area contributed by atoms with Crippen LogP contribution in [0.25, 0.3) is 0 Å². The third-order valence-electron chi connectivity index (χ3n) is 2.14. The summed E-state index contributed by atoms with van der Waals surface area (Å²) in [7, 11) is 1.14. The predicted octanol–water partition coefficient (Wildman–Crippen LogP) is -0.600. The Labute approximate surface area is 112 Å². The van der Waals surface area contributed by atoms with Crippen molar-refractivity contribution in [2.24, 2.45) is 0 Å². The van der Waals surface area contributed by atoms with Gasteiger partial charge >= 0.3 is 11.9 Å². The van der Waals surface area contributed by atoms with Gasteiger partial charge < -0.3 is 20.9 Å². The van der Waals surface area contributed by atoms with E-state index in [1.165, 1.54) is 11.3 Å². The van der Waals surface area contributed by atoms with Crippen molar-refractivity contribution in [1.29, 1.82) is 0 Å². The van der Waals surface area contributed by atoms with Crippen LogP contribution in [0.15, 0.2) is 5.38 Å². The van der Waals surface area contributed by atoms with E-state index in [-0.39, 0.29) is 6.42 Å².